The molecule has 0 aliphatic carbocycles. The summed E-state index contributed by atoms with van der Waals surface area (Å²) in [5, 5.41) is 0. The molecule has 148 valence electrons. The van der Waals surface area contributed by atoms with Gasteiger partial charge < -0.3 is 14.2 Å². The summed E-state index contributed by atoms with van der Waals surface area (Å²) in [5.41, 5.74) is 3.50. The van der Waals surface area contributed by atoms with E-state index in [1.165, 1.54) is 11.1 Å². The minimum atomic E-state index is 0.263. The van der Waals surface area contributed by atoms with Crippen LogP contribution in [0.15, 0.2) is 84.9 Å². The predicted octanol–water partition coefficient (Wildman–Crippen LogP) is 5.69. The van der Waals surface area contributed by atoms with Gasteiger partial charge >= 0.3 is 0 Å². The molecule has 1 aliphatic heterocycles. The van der Waals surface area contributed by atoms with Gasteiger partial charge in [-0.1, -0.05) is 78.9 Å². The molecule has 0 N–H and O–H groups in total. The highest BCUT2D eigenvalue weighted by atomic mass is 16.6. The van der Waals surface area contributed by atoms with Crippen LogP contribution in [0.1, 0.15) is 23.1 Å². The van der Waals surface area contributed by atoms with Crippen molar-refractivity contribution >= 4 is 6.08 Å². The molecule has 3 aromatic rings. The number of rotatable bonds is 10. The number of allylic oxidation sites excluding steroid dienone is 1. The van der Waals surface area contributed by atoms with Gasteiger partial charge in [0.05, 0.1) is 6.61 Å². The zero-order valence-corrected chi connectivity index (χ0v) is 16.5. The summed E-state index contributed by atoms with van der Waals surface area (Å²) >= 11 is 0. The standard InChI is InChI=1S/C26H26O3/c1-2-10-21(11-3-1)18-28-25-16-8-6-14-22(25)12-4-5-13-23-15-7-9-17-26(23)29-20-24-19-27-24/h1-3,5-11,13-17,24H,4,12,18-20H2/b13-5+. The molecule has 1 heterocycles. The Kier molecular flexibility index (Phi) is 6.61. The van der Waals surface area contributed by atoms with Gasteiger partial charge in [-0.3, -0.25) is 0 Å². The lowest BCUT2D eigenvalue weighted by Crippen LogP contribution is -2.04. The number of hydrogen-bond acceptors (Lipinski definition) is 3. The van der Waals surface area contributed by atoms with Crippen LogP contribution in [0.25, 0.3) is 6.08 Å². The van der Waals surface area contributed by atoms with Crippen molar-refractivity contribution in [2.75, 3.05) is 13.2 Å². The fourth-order valence-electron chi connectivity index (χ4n) is 3.13. The maximum atomic E-state index is 6.06. The van der Waals surface area contributed by atoms with Crippen molar-refractivity contribution in [2.45, 2.75) is 25.6 Å². The number of ether oxygens (including phenoxy) is 3. The van der Waals surface area contributed by atoms with E-state index < -0.39 is 0 Å². The molecule has 0 saturated carbocycles. The molecule has 4 rings (SSSR count). The Bertz CT molecular complexity index is 929. The van der Waals surface area contributed by atoms with Crippen molar-refractivity contribution in [1.82, 2.24) is 0 Å². The van der Waals surface area contributed by atoms with E-state index in [0.29, 0.717) is 13.2 Å². The molecule has 0 aromatic heterocycles. The van der Waals surface area contributed by atoms with Crippen molar-refractivity contribution in [2.24, 2.45) is 0 Å². The third kappa shape index (κ3) is 5.97. The van der Waals surface area contributed by atoms with Gasteiger partial charge in [-0.2, -0.15) is 0 Å². The second-order valence-electron chi connectivity index (χ2n) is 7.13. The van der Waals surface area contributed by atoms with E-state index in [9.17, 15) is 0 Å². The third-order valence-corrected chi connectivity index (χ3v) is 4.83. The van der Waals surface area contributed by atoms with E-state index in [1.54, 1.807) is 0 Å². The minimum Gasteiger partial charge on any atom is -0.490 e. The molecular weight excluding hydrogens is 360 g/mol. The SMILES string of the molecule is C(=C\c1ccccc1OCC1CO1)/CCc1ccccc1OCc1ccccc1. The number of aryl methyl sites for hydroxylation is 1. The second-order valence-corrected chi connectivity index (χ2v) is 7.13. The Balaban J connectivity index is 1.32. The summed E-state index contributed by atoms with van der Waals surface area (Å²) in [4.78, 5) is 0. The van der Waals surface area contributed by atoms with Crippen LogP contribution < -0.4 is 9.47 Å². The van der Waals surface area contributed by atoms with Gasteiger partial charge in [0.25, 0.3) is 0 Å². The quantitative estimate of drug-likeness (QED) is 0.420. The summed E-state index contributed by atoms with van der Waals surface area (Å²) in [6, 6.07) is 26.7. The molecule has 0 bridgehead atoms. The Morgan fingerprint density at radius 3 is 2.38 bits per heavy atom. The number of hydrogen-bond donors (Lipinski definition) is 0. The zero-order chi connectivity index (χ0) is 19.7. The molecule has 0 amide bonds. The molecule has 0 radical (unpaired) electrons. The first-order valence-corrected chi connectivity index (χ1v) is 10.1. The fourth-order valence-corrected chi connectivity index (χ4v) is 3.13. The average Bonchev–Trinajstić information content (AvgIpc) is 3.60. The maximum absolute atomic E-state index is 6.06. The summed E-state index contributed by atoms with van der Waals surface area (Å²) in [7, 11) is 0. The maximum Gasteiger partial charge on any atom is 0.126 e. The van der Waals surface area contributed by atoms with Crippen molar-refractivity contribution in [3.05, 3.63) is 102 Å². The van der Waals surface area contributed by atoms with Gasteiger partial charge in [0, 0.05) is 5.56 Å². The highest BCUT2D eigenvalue weighted by molar-refractivity contribution is 5.57. The number of benzene rings is 3. The minimum absolute atomic E-state index is 0.263. The highest BCUT2D eigenvalue weighted by Crippen LogP contribution is 2.23. The lowest BCUT2D eigenvalue weighted by atomic mass is 10.1. The largest absolute Gasteiger partial charge is 0.490 e. The van der Waals surface area contributed by atoms with E-state index in [4.69, 9.17) is 14.2 Å². The van der Waals surface area contributed by atoms with Crippen LogP contribution in [0.5, 0.6) is 11.5 Å². The van der Waals surface area contributed by atoms with E-state index in [-0.39, 0.29) is 6.10 Å². The normalized spacial score (nSPS) is 15.4. The van der Waals surface area contributed by atoms with E-state index in [0.717, 1.165) is 36.5 Å². The third-order valence-electron chi connectivity index (χ3n) is 4.83. The number of para-hydroxylation sites is 2. The molecule has 1 atom stereocenters. The molecule has 3 heteroatoms. The number of epoxide rings is 1. The summed E-state index contributed by atoms with van der Waals surface area (Å²) in [5.74, 6) is 1.86. The van der Waals surface area contributed by atoms with Gasteiger partial charge in [-0.05, 0) is 36.1 Å². The van der Waals surface area contributed by atoms with Crippen LogP contribution in [0.3, 0.4) is 0 Å². The van der Waals surface area contributed by atoms with Crippen molar-refractivity contribution in [3.8, 4) is 11.5 Å². The van der Waals surface area contributed by atoms with Crippen LogP contribution in [0.2, 0.25) is 0 Å². The van der Waals surface area contributed by atoms with Gasteiger partial charge in [0.1, 0.15) is 30.8 Å². The Morgan fingerprint density at radius 1 is 0.828 bits per heavy atom. The van der Waals surface area contributed by atoms with E-state index in [2.05, 4.69) is 42.5 Å². The van der Waals surface area contributed by atoms with Crippen LogP contribution >= 0.6 is 0 Å². The van der Waals surface area contributed by atoms with Crippen molar-refractivity contribution < 1.29 is 14.2 Å². The molecule has 0 spiro atoms. The summed E-state index contributed by atoms with van der Waals surface area (Å²) in [6.45, 7) is 2.02. The molecule has 1 fully saturated rings. The zero-order valence-electron chi connectivity index (χ0n) is 16.5. The molecular formula is C26H26O3. The van der Waals surface area contributed by atoms with Gasteiger partial charge in [0.2, 0.25) is 0 Å². The summed E-state index contributed by atoms with van der Waals surface area (Å²) in [6.07, 6.45) is 6.46. The second kappa shape index (κ2) is 9.94. The van der Waals surface area contributed by atoms with Crippen LogP contribution in [-0.4, -0.2) is 19.3 Å². The Labute approximate surface area is 172 Å². The van der Waals surface area contributed by atoms with E-state index in [1.807, 2.05) is 48.5 Å². The van der Waals surface area contributed by atoms with Gasteiger partial charge in [-0.25, -0.2) is 0 Å². The average molecular weight is 386 g/mol. The van der Waals surface area contributed by atoms with Crippen LogP contribution in [0.4, 0.5) is 0 Å². The Morgan fingerprint density at radius 2 is 1.55 bits per heavy atom. The highest BCUT2D eigenvalue weighted by Gasteiger charge is 2.23. The van der Waals surface area contributed by atoms with Crippen molar-refractivity contribution in [3.63, 3.8) is 0 Å². The first kappa shape index (κ1) is 19.3. The van der Waals surface area contributed by atoms with Crippen LogP contribution in [0, 0.1) is 0 Å². The molecule has 3 aromatic carbocycles. The molecule has 1 unspecified atom stereocenters. The smallest absolute Gasteiger partial charge is 0.126 e. The van der Waals surface area contributed by atoms with E-state index >= 15 is 0 Å². The first-order chi connectivity index (χ1) is 14.4. The lowest BCUT2D eigenvalue weighted by Gasteiger charge is -2.11. The molecule has 3 nitrogen and oxygen atoms in total. The molecule has 1 aliphatic rings. The van der Waals surface area contributed by atoms with Crippen LogP contribution in [-0.2, 0) is 17.8 Å². The van der Waals surface area contributed by atoms with Gasteiger partial charge in [-0.15, -0.1) is 0 Å². The Hall–Kier alpha value is -3.04. The molecule has 1 saturated heterocycles. The monoisotopic (exact) mass is 386 g/mol. The predicted molar refractivity (Wildman–Crippen MR) is 116 cm³/mol. The summed E-state index contributed by atoms with van der Waals surface area (Å²) < 4.78 is 17.2. The topological polar surface area (TPSA) is 31.0 Å². The fraction of sp³-hybridized carbons (Fsp3) is 0.231. The van der Waals surface area contributed by atoms with Gasteiger partial charge in [0.15, 0.2) is 0 Å². The molecule has 29 heavy (non-hydrogen) atoms. The lowest BCUT2D eigenvalue weighted by molar-refractivity contribution is 0.262. The van der Waals surface area contributed by atoms with Crippen molar-refractivity contribution in [1.29, 1.82) is 0 Å². The first-order valence-electron chi connectivity index (χ1n) is 10.1.